The van der Waals surface area contributed by atoms with E-state index in [1.807, 2.05) is 18.2 Å². The molecule has 0 aliphatic heterocycles. The maximum atomic E-state index is 11.9. The number of ether oxygens (including phenoxy) is 3. The molecule has 26 heavy (non-hydrogen) atoms. The first-order valence-electron chi connectivity index (χ1n) is 8.02. The van der Waals surface area contributed by atoms with Gasteiger partial charge in [0.1, 0.15) is 17.2 Å². The first-order chi connectivity index (χ1) is 12.6. The largest absolute Gasteiger partial charge is 0.497 e. The summed E-state index contributed by atoms with van der Waals surface area (Å²) in [6, 6.07) is 11.1. The van der Waals surface area contributed by atoms with Crippen molar-refractivity contribution in [1.29, 1.82) is 0 Å². The number of carbonyl (C=O) groups excluding carboxylic acids is 1. The van der Waals surface area contributed by atoms with Gasteiger partial charge in [0.05, 0.1) is 24.9 Å². The van der Waals surface area contributed by atoms with Gasteiger partial charge in [-0.2, -0.15) is 5.10 Å². The Kier molecular flexibility index (Phi) is 7.47. The zero-order valence-corrected chi connectivity index (χ0v) is 16.5. The fourth-order valence-corrected chi connectivity index (χ4v) is 2.70. The number of halogens is 1. The Balaban J connectivity index is 1.90. The van der Waals surface area contributed by atoms with Crippen LogP contribution in [0.5, 0.6) is 17.2 Å². The average Bonchev–Trinajstić information content (AvgIpc) is 2.67. The molecule has 0 heterocycles. The highest BCUT2D eigenvalue weighted by molar-refractivity contribution is 9.10. The van der Waals surface area contributed by atoms with Gasteiger partial charge in [-0.15, -0.1) is 0 Å². The number of nitrogens with one attached hydrogen (secondary N) is 1. The van der Waals surface area contributed by atoms with E-state index in [1.165, 1.54) is 11.8 Å². The lowest BCUT2D eigenvalue weighted by Crippen LogP contribution is -2.24. The molecule has 0 saturated carbocycles. The number of hydrogen-bond acceptors (Lipinski definition) is 5. The second-order valence-electron chi connectivity index (χ2n) is 5.31. The third-order valence-corrected chi connectivity index (χ3v) is 4.22. The van der Waals surface area contributed by atoms with Crippen LogP contribution in [-0.4, -0.2) is 32.9 Å². The summed E-state index contributed by atoms with van der Waals surface area (Å²) in [6.45, 7) is 1.94. The Hall–Kier alpha value is -2.54. The number of hydrazone groups is 1. The molecular weight excluding hydrogens is 400 g/mol. The van der Waals surface area contributed by atoms with Crippen molar-refractivity contribution in [2.24, 2.45) is 5.10 Å². The van der Waals surface area contributed by atoms with E-state index >= 15 is 0 Å². The third kappa shape index (κ3) is 5.49. The number of nitrogens with zero attached hydrogens (tertiary/aromatic N) is 1. The fraction of sp³-hybridized carbons (Fsp3) is 0.263. The van der Waals surface area contributed by atoms with Crippen LogP contribution in [0.2, 0.25) is 0 Å². The van der Waals surface area contributed by atoms with Crippen molar-refractivity contribution in [2.45, 2.75) is 13.3 Å². The Morgan fingerprint density at radius 2 is 1.96 bits per heavy atom. The molecule has 2 aromatic rings. The summed E-state index contributed by atoms with van der Waals surface area (Å²) in [5, 5.41) is 3.93. The van der Waals surface area contributed by atoms with E-state index in [1.54, 1.807) is 32.4 Å². The van der Waals surface area contributed by atoms with Crippen LogP contribution in [0.25, 0.3) is 0 Å². The van der Waals surface area contributed by atoms with Gasteiger partial charge in [-0.25, -0.2) is 5.43 Å². The molecule has 1 N–H and O–H groups in total. The highest BCUT2D eigenvalue weighted by Gasteiger charge is 2.06. The van der Waals surface area contributed by atoms with Gasteiger partial charge in [0.2, 0.25) is 0 Å². The second-order valence-corrected chi connectivity index (χ2v) is 6.16. The SMILES string of the molecule is CCc1ccc(OCC(=O)N/N=C/c2ccc(OC)cc2OC)c(Br)c1. The summed E-state index contributed by atoms with van der Waals surface area (Å²) < 4.78 is 16.7. The van der Waals surface area contributed by atoms with E-state index in [0.29, 0.717) is 22.8 Å². The van der Waals surface area contributed by atoms with Crippen LogP contribution in [0.1, 0.15) is 18.1 Å². The average molecular weight is 421 g/mol. The number of methoxy groups -OCH3 is 2. The molecule has 2 aromatic carbocycles. The first-order valence-corrected chi connectivity index (χ1v) is 8.81. The molecule has 7 heteroatoms. The van der Waals surface area contributed by atoms with Crippen LogP contribution < -0.4 is 19.6 Å². The Morgan fingerprint density at radius 3 is 2.62 bits per heavy atom. The Labute approximate surface area is 161 Å². The van der Waals surface area contributed by atoms with E-state index in [0.717, 1.165) is 10.9 Å². The van der Waals surface area contributed by atoms with Gasteiger partial charge in [-0.1, -0.05) is 13.0 Å². The first kappa shape index (κ1) is 19.8. The molecule has 0 unspecified atom stereocenters. The quantitative estimate of drug-likeness (QED) is 0.523. The molecular formula is C19H21BrN2O4. The molecule has 0 fully saturated rings. The molecule has 0 aromatic heterocycles. The fourth-order valence-electron chi connectivity index (χ4n) is 2.16. The number of carbonyl (C=O) groups is 1. The molecule has 6 nitrogen and oxygen atoms in total. The van der Waals surface area contributed by atoms with E-state index in [2.05, 4.69) is 33.4 Å². The summed E-state index contributed by atoms with van der Waals surface area (Å²) in [4.78, 5) is 11.9. The minimum absolute atomic E-state index is 0.138. The van der Waals surface area contributed by atoms with E-state index in [-0.39, 0.29) is 12.5 Å². The van der Waals surface area contributed by atoms with Crippen LogP contribution >= 0.6 is 15.9 Å². The van der Waals surface area contributed by atoms with Crippen molar-refractivity contribution in [3.8, 4) is 17.2 Å². The lowest BCUT2D eigenvalue weighted by molar-refractivity contribution is -0.123. The zero-order valence-electron chi connectivity index (χ0n) is 14.9. The zero-order chi connectivity index (χ0) is 18.9. The van der Waals surface area contributed by atoms with Gasteiger partial charge >= 0.3 is 0 Å². The van der Waals surface area contributed by atoms with Crippen LogP contribution in [0.15, 0.2) is 46.0 Å². The molecule has 0 aliphatic rings. The van der Waals surface area contributed by atoms with Crippen LogP contribution in [0, 0.1) is 0 Å². The maximum absolute atomic E-state index is 11.9. The number of benzene rings is 2. The minimum Gasteiger partial charge on any atom is -0.497 e. The highest BCUT2D eigenvalue weighted by atomic mass is 79.9. The summed E-state index contributed by atoms with van der Waals surface area (Å²) in [7, 11) is 3.14. The number of hydrogen-bond donors (Lipinski definition) is 1. The number of aryl methyl sites for hydroxylation is 1. The summed E-state index contributed by atoms with van der Waals surface area (Å²) in [5.74, 6) is 1.52. The molecule has 0 aliphatic carbocycles. The van der Waals surface area contributed by atoms with Gasteiger partial charge in [0, 0.05) is 11.6 Å². The molecule has 0 atom stereocenters. The Morgan fingerprint density at radius 1 is 1.15 bits per heavy atom. The van der Waals surface area contributed by atoms with E-state index in [9.17, 15) is 4.79 Å². The van der Waals surface area contributed by atoms with Crippen molar-refractivity contribution in [3.63, 3.8) is 0 Å². The summed E-state index contributed by atoms with van der Waals surface area (Å²) in [5.41, 5.74) is 4.33. The predicted octanol–water partition coefficient (Wildman–Crippen LogP) is 3.56. The van der Waals surface area contributed by atoms with Crippen molar-refractivity contribution in [2.75, 3.05) is 20.8 Å². The van der Waals surface area contributed by atoms with E-state index < -0.39 is 0 Å². The summed E-state index contributed by atoms with van der Waals surface area (Å²) in [6.07, 6.45) is 2.44. The third-order valence-electron chi connectivity index (χ3n) is 3.60. The molecule has 0 bridgehead atoms. The molecule has 2 rings (SSSR count). The van der Waals surface area contributed by atoms with Gasteiger partial charge in [0.25, 0.3) is 5.91 Å². The van der Waals surface area contributed by atoms with Crippen molar-refractivity contribution < 1.29 is 19.0 Å². The molecule has 138 valence electrons. The van der Waals surface area contributed by atoms with Crippen LogP contribution in [0.3, 0.4) is 0 Å². The predicted molar refractivity (Wildman–Crippen MR) is 104 cm³/mol. The monoisotopic (exact) mass is 420 g/mol. The molecule has 0 saturated heterocycles. The minimum atomic E-state index is -0.361. The number of rotatable bonds is 8. The van der Waals surface area contributed by atoms with Crippen LogP contribution in [-0.2, 0) is 11.2 Å². The molecule has 1 amide bonds. The normalized spacial score (nSPS) is 10.6. The van der Waals surface area contributed by atoms with Gasteiger partial charge in [0.15, 0.2) is 6.61 Å². The molecule has 0 spiro atoms. The van der Waals surface area contributed by atoms with Gasteiger partial charge < -0.3 is 14.2 Å². The van der Waals surface area contributed by atoms with Gasteiger partial charge in [-0.3, -0.25) is 4.79 Å². The van der Waals surface area contributed by atoms with E-state index in [4.69, 9.17) is 14.2 Å². The summed E-state index contributed by atoms with van der Waals surface area (Å²) >= 11 is 3.44. The molecule has 0 radical (unpaired) electrons. The maximum Gasteiger partial charge on any atom is 0.277 e. The Bertz CT molecular complexity index is 793. The van der Waals surface area contributed by atoms with Crippen molar-refractivity contribution >= 4 is 28.1 Å². The second kappa shape index (κ2) is 9.82. The lowest BCUT2D eigenvalue weighted by Gasteiger charge is -2.09. The topological polar surface area (TPSA) is 69.2 Å². The standard InChI is InChI=1S/C19H21BrN2O4/c1-4-13-5-8-17(16(20)9-13)26-12-19(23)22-21-11-14-6-7-15(24-2)10-18(14)25-3/h5-11H,4,12H2,1-3H3,(H,22,23)/b21-11+. The van der Waals surface area contributed by atoms with Crippen LogP contribution in [0.4, 0.5) is 0 Å². The van der Waals surface area contributed by atoms with Crippen molar-refractivity contribution in [3.05, 3.63) is 52.0 Å². The number of amides is 1. The smallest absolute Gasteiger partial charge is 0.277 e. The van der Waals surface area contributed by atoms with Crippen molar-refractivity contribution in [1.82, 2.24) is 5.43 Å². The lowest BCUT2D eigenvalue weighted by atomic mass is 10.2. The highest BCUT2D eigenvalue weighted by Crippen LogP contribution is 2.26. The van der Waals surface area contributed by atoms with Gasteiger partial charge in [-0.05, 0) is 52.2 Å².